The van der Waals surface area contributed by atoms with E-state index < -0.39 is 18.0 Å². The lowest BCUT2D eigenvalue weighted by molar-refractivity contribution is -0.123. The van der Waals surface area contributed by atoms with E-state index in [9.17, 15) is 9.59 Å². The average Bonchev–Trinajstić information content (AvgIpc) is 2.55. The molecule has 0 saturated heterocycles. The molecule has 0 radical (unpaired) electrons. The van der Waals surface area contributed by atoms with Crippen LogP contribution in [0.15, 0.2) is 48.5 Å². The van der Waals surface area contributed by atoms with Crippen LogP contribution in [-0.4, -0.2) is 24.6 Å². The van der Waals surface area contributed by atoms with Crippen molar-refractivity contribution in [2.24, 2.45) is 0 Å². The van der Waals surface area contributed by atoms with Gasteiger partial charge >= 0.3 is 5.97 Å². The summed E-state index contributed by atoms with van der Waals surface area (Å²) in [4.78, 5) is 24.1. The van der Waals surface area contributed by atoms with E-state index >= 15 is 0 Å². The van der Waals surface area contributed by atoms with Crippen molar-refractivity contribution in [3.63, 3.8) is 0 Å². The fourth-order valence-electron chi connectivity index (χ4n) is 1.95. The number of benzene rings is 2. The van der Waals surface area contributed by atoms with Gasteiger partial charge < -0.3 is 14.8 Å². The van der Waals surface area contributed by atoms with Gasteiger partial charge in [0.2, 0.25) is 0 Å². The molecule has 0 saturated carbocycles. The summed E-state index contributed by atoms with van der Waals surface area (Å²) in [6.45, 7) is 3.93. The molecule has 0 spiro atoms. The van der Waals surface area contributed by atoms with Gasteiger partial charge in [-0.1, -0.05) is 17.7 Å². The van der Waals surface area contributed by atoms with Gasteiger partial charge in [0, 0.05) is 10.7 Å². The molecule has 0 aromatic heterocycles. The Balaban J connectivity index is 1.93. The molecular weight excluding hydrogens is 330 g/mol. The van der Waals surface area contributed by atoms with Crippen LogP contribution in [0.4, 0.5) is 5.69 Å². The van der Waals surface area contributed by atoms with Crippen molar-refractivity contribution in [1.82, 2.24) is 0 Å². The second-order valence-corrected chi connectivity index (χ2v) is 5.44. The zero-order chi connectivity index (χ0) is 17.5. The predicted molar refractivity (Wildman–Crippen MR) is 92.6 cm³/mol. The first-order chi connectivity index (χ1) is 11.5. The fraction of sp³-hybridized carbons (Fsp3) is 0.222. The van der Waals surface area contributed by atoms with Gasteiger partial charge in [0.05, 0.1) is 12.2 Å². The van der Waals surface area contributed by atoms with E-state index in [1.807, 2.05) is 6.92 Å². The first-order valence-electron chi connectivity index (χ1n) is 7.50. The lowest BCUT2D eigenvalue weighted by Crippen LogP contribution is -2.30. The molecule has 0 aliphatic rings. The zero-order valence-electron chi connectivity index (χ0n) is 13.4. The molecule has 0 aliphatic carbocycles. The van der Waals surface area contributed by atoms with Crippen molar-refractivity contribution < 1.29 is 19.1 Å². The molecule has 2 rings (SSSR count). The highest BCUT2D eigenvalue weighted by Crippen LogP contribution is 2.16. The van der Waals surface area contributed by atoms with Crippen molar-refractivity contribution >= 4 is 29.2 Å². The molecule has 0 aliphatic heterocycles. The number of nitrogens with one attached hydrogen (secondary N) is 1. The van der Waals surface area contributed by atoms with Crippen molar-refractivity contribution in [1.29, 1.82) is 0 Å². The Morgan fingerprint density at radius 1 is 1.17 bits per heavy atom. The maximum atomic E-state index is 12.1. The molecule has 126 valence electrons. The van der Waals surface area contributed by atoms with Gasteiger partial charge in [0.1, 0.15) is 5.75 Å². The Morgan fingerprint density at radius 2 is 1.88 bits per heavy atom. The Morgan fingerprint density at radius 3 is 2.50 bits per heavy atom. The average molecular weight is 348 g/mol. The van der Waals surface area contributed by atoms with Crippen molar-refractivity contribution in [2.75, 3.05) is 11.9 Å². The van der Waals surface area contributed by atoms with Gasteiger partial charge in [-0.25, -0.2) is 4.79 Å². The van der Waals surface area contributed by atoms with E-state index in [1.165, 1.54) is 6.92 Å². The Bertz CT molecular complexity index is 715. The monoisotopic (exact) mass is 347 g/mol. The summed E-state index contributed by atoms with van der Waals surface area (Å²) in [7, 11) is 0. The minimum atomic E-state index is -0.942. The maximum absolute atomic E-state index is 12.1. The topological polar surface area (TPSA) is 64.6 Å². The number of ether oxygens (including phenoxy) is 2. The third-order valence-corrected chi connectivity index (χ3v) is 3.38. The van der Waals surface area contributed by atoms with E-state index in [2.05, 4.69) is 5.32 Å². The number of esters is 1. The molecule has 1 atom stereocenters. The molecule has 24 heavy (non-hydrogen) atoms. The fourth-order valence-corrected chi connectivity index (χ4v) is 2.14. The lowest BCUT2D eigenvalue weighted by atomic mass is 10.2. The number of hydrogen-bond donors (Lipinski definition) is 1. The number of anilines is 1. The number of carbonyl (C=O) groups excluding carboxylic acids is 2. The SMILES string of the molecule is CCOc1ccc(C(=O)O[C@H](C)C(=O)Nc2cccc(Cl)c2)cc1. The molecule has 0 bridgehead atoms. The molecule has 5 nitrogen and oxygen atoms in total. The van der Waals surface area contributed by atoms with Crippen LogP contribution >= 0.6 is 11.6 Å². The van der Waals surface area contributed by atoms with Crippen molar-refractivity contribution in [3.8, 4) is 5.75 Å². The van der Waals surface area contributed by atoms with Crippen LogP contribution in [-0.2, 0) is 9.53 Å². The van der Waals surface area contributed by atoms with Crippen LogP contribution in [0, 0.1) is 0 Å². The Labute approximate surface area is 145 Å². The summed E-state index contributed by atoms with van der Waals surface area (Å²) in [6, 6.07) is 13.3. The van der Waals surface area contributed by atoms with Crippen LogP contribution in [0.2, 0.25) is 5.02 Å². The highest BCUT2D eigenvalue weighted by atomic mass is 35.5. The summed E-state index contributed by atoms with van der Waals surface area (Å²) < 4.78 is 10.5. The molecule has 2 aromatic rings. The van der Waals surface area contributed by atoms with Gasteiger partial charge in [-0.3, -0.25) is 4.79 Å². The third-order valence-electron chi connectivity index (χ3n) is 3.15. The quantitative estimate of drug-likeness (QED) is 0.804. The number of amides is 1. The second-order valence-electron chi connectivity index (χ2n) is 5.00. The Hall–Kier alpha value is -2.53. The second kappa shape index (κ2) is 8.36. The van der Waals surface area contributed by atoms with E-state index in [0.29, 0.717) is 28.6 Å². The van der Waals surface area contributed by atoms with E-state index in [4.69, 9.17) is 21.1 Å². The van der Waals surface area contributed by atoms with Gasteiger partial charge in [-0.05, 0) is 56.3 Å². The molecule has 1 amide bonds. The lowest BCUT2D eigenvalue weighted by Gasteiger charge is -2.14. The van der Waals surface area contributed by atoms with E-state index in [1.54, 1.807) is 48.5 Å². The number of rotatable bonds is 6. The van der Waals surface area contributed by atoms with Gasteiger partial charge in [-0.2, -0.15) is 0 Å². The first kappa shape index (κ1) is 17.8. The smallest absolute Gasteiger partial charge is 0.338 e. The van der Waals surface area contributed by atoms with Crippen LogP contribution in [0.1, 0.15) is 24.2 Å². The largest absolute Gasteiger partial charge is 0.494 e. The summed E-state index contributed by atoms with van der Waals surface area (Å²) in [5.41, 5.74) is 0.886. The molecule has 0 unspecified atom stereocenters. The van der Waals surface area contributed by atoms with Crippen molar-refractivity contribution in [3.05, 3.63) is 59.1 Å². The molecule has 1 N–H and O–H groups in total. The highest BCUT2D eigenvalue weighted by Gasteiger charge is 2.19. The number of halogens is 1. The Kier molecular flexibility index (Phi) is 6.21. The summed E-state index contributed by atoms with van der Waals surface area (Å²) >= 11 is 5.86. The molecule has 0 heterocycles. The number of hydrogen-bond acceptors (Lipinski definition) is 4. The summed E-state index contributed by atoms with van der Waals surface area (Å²) in [5.74, 6) is -0.343. The third kappa shape index (κ3) is 4.99. The van der Waals surface area contributed by atoms with Crippen LogP contribution in [0.3, 0.4) is 0 Å². The van der Waals surface area contributed by atoms with Crippen LogP contribution in [0.25, 0.3) is 0 Å². The molecule has 2 aromatic carbocycles. The molecule has 0 fully saturated rings. The highest BCUT2D eigenvalue weighted by molar-refractivity contribution is 6.30. The zero-order valence-corrected chi connectivity index (χ0v) is 14.2. The first-order valence-corrected chi connectivity index (χ1v) is 7.87. The van der Waals surface area contributed by atoms with Gasteiger partial charge in [-0.15, -0.1) is 0 Å². The van der Waals surface area contributed by atoms with E-state index in [-0.39, 0.29) is 0 Å². The predicted octanol–water partition coefficient (Wildman–Crippen LogP) is 3.92. The summed E-state index contributed by atoms with van der Waals surface area (Å²) in [5, 5.41) is 3.15. The minimum absolute atomic E-state index is 0.348. The minimum Gasteiger partial charge on any atom is -0.494 e. The summed E-state index contributed by atoms with van der Waals surface area (Å²) in [6.07, 6.45) is -0.942. The standard InChI is InChI=1S/C18H18ClNO4/c1-3-23-16-9-7-13(8-10-16)18(22)24-12(2)17(21)20-15-6-4-5-14(19)11-15/h4-12H,3H2,1-2H3,(H,20,21)/t12-/m1/s1. The van der Waals surface area contributed by atoms with Gasteiger partial charge in [0.15, 0.2) is 6.10 Å². The molecular formula is C18H18ClNO4. The van der Waals surface area contributed by atoms with Gasteiger partial charge in [0.25, 0.3) is 5.91 Å². The maximum Gasteiger partial charge on any atom is 0.338 e. The van der Waals surface area contributed by atoms with Crippen LogP contribution < -0.4 is 10.1 Å². The normalized spacial score (nSPS) is 11.5. The molecule has 6 heteroatoms. The number of carbonyl (C=O) groups is 2. The van der Waals surface area contributed by atoms with E-state index in [0.717, 1.165) is 0 Å². The van der Waals surface area contributed by atoms with Crippen LogP contribution in [0.5, 0.6) is 5.75 Å². The van der Waals surface area contributed by atoms with Crippen molar-refractivity contribution in [2.45, 2.75) is 20.0 Å².